The molecule has 0 fully saturated rings. The third kappa shape index (κ3) is 3.80. The first kappa shape index (κ1) is 4.80. The average molecular weight is 67.9 g/mol. The van der Waals surface area contributed by atoms with Crippen molar-refractivity contribution in [3.8, 4) is 0 Å². The molecule has 0 heterocycles. The van der Waals surface area contributed by atoms with Crippen molar-refractivity contribution >= 4 is 7.85 Å². The van der Waals surface area contributed by atoms with Crippen molar-refractivity contribution in [1.82, 2.24) is 0 Å². The zero-order valence-electron chi connectivity index (χ0n) is 3.86. The van der Waals surface area contributed by atoms with Crippen molar-refractivity contribution < 1.29 is 0 Å². The van der Waals surface area contributed by atoms with Crippen molar-refractivity contribution in [2.45, 2.75) is 13.3 Å². The molecule has 0 bridgehead atoms. The molecule has 0 aromatic rings. The second kappa shape index (κ2) is 3.80. The molecule has 0 aliphatic heterocycles. The Hall–Kier alpha value is -0.195. The van der Waals surface area contributed by atoms with Crippen LogP contribution in [0, 0.1) is 0 Å². The van der Waals surface area contributed by atoms with E-state index in [0.717, 1.165) is 6.42 Å². The van der Waals surface area contributed by atoms with Crippen molar-refractivity contribution in [3.63, 3.8) is 0 Å². The molecule has 0 spiro atoms. The molecule has 0 aromatic carbocycles. The molecule has 0 aromatic heterocycles. The molecule has 0 radical (unpaired) electrons. The van der Waals surface area contributed by atoms with E-state index < -0.39 is 0 Å². The van der Waals surface area contributed by atoms with E-state index in [0.29, 0.717) is 0 Å². The Kier molecular flexibility index (Phi) is 3.66. The van der Waals surface area contributed by atoms with Crippen LogP contribution in [-0.2, 0) is 0 Å². The Morgan fingerprint density at radius 1 is 1.80 bits per heavy atom. The quantitative estimate of drug-likeness (QED) is 0.393. The van der Waals surface area contributed by atoms with Gasteiger partial charge in [0.05, 0.1) is 0 Å². The van der Waals surface area contributed by atoms with E-state index in [1.54, 1.807) is 0 Å². The van der Waals surface area contributed by atoms with Crippen LogP contribution in [0.2, 0.25) is 0 Å². The predicted molar refractivity (Wildman–Crippen MR) is 28.0 cm³/mol. The van der Waals surface area contributed by atoms with E-state index in [9.17, 15) is 0 Å². The summed E-state index contributed by atoms with van der Waals surface area (Å²) >= 11 is 0. The molecule has 0 amide bonds. The fourth-order valence-electron chi connectivity index (χ4n) is 0.236. The Labute approximate surface area is 34.3 Å². The number of hydrogen-bond donors (Lipinski definition) is 0. The summed E-state index contributed by atoms with van der Waals surface area (Å²) in [5, 5.41) is 0. The van der Waals surface area contributed by atoms with Crippen LogP contribution in [0.3, 0.4) is 0 Å². The molecule has 0 aliphatic rings. The minimum Gasteiger partial charge on any atom is -0.128 e. The molecule has 0 atom stereocenters. The van der Waals surface area contributed by atoms with Crippen molar-refractivity contribution in [3.05, 3.63) is 12.1 Å². The molecule has 0 nitrogen and oxygen atoms in total. The van der Waals surface area contributed by atoms with Crippen molar-refractivity contribution in [2.24, 2.45) is 0 Å². The molecule has 0 unspecified atom stereocenters. The summed E-state index contributed by atoms with van der Waals surface area (Å²) in [7, 11) is 2.03. The van der Waals surface area contributed by atoms with Crippen LogP contribution in [0.1, 0.15) is 13.3 Å². The smallest absolute Gasteiger partial charge is 0.128 e. The monoisotopic (exact) mass is 68.1 g/mol. The third-order valence-electron chi connectivity index (χ3n) is 0.471. The summed E-state index contributed by atoms with van der Waals surface area (Å²) in [6.45, 7) is 2.12. The molecular weight excluding hydrogens is 58.9 g/mol. The summed E-state index contributed by atoms with van der Waals surface area (Å²) in [5.41, 5.74) is 0. The molecule has 0 N–H and O–H groups in total. The van der Waals surface area contributed by atoms with Gasteiger partial charge in [0.15, 0.2) is 0 Å². The maximum atomic E-state index is 2.12. The Bertz CT molecular complexity index is 30.6. The fraction of sp³-hybridized carbons (Fsp3) is 0.500. The highest BCUT2D eigenvalue weighted by atomic mass is 13.6. The van der Waals surface area contributed by atoms with E-state index >= 15 is 0 Å². The van der Waals surface area contributed by atoms with Gasteiger partial charge in [-0.15, -0.1) is 5.98 Å². The molecule has 0 aliphatic carbocycles. The van der Waals surface area contributed by atoms with Crippen LogP contribution in [-0.4, -0.2) is 7.85 Å². The Morgan fingerprint density at radius 2 is 2.40 bits per heavy atom. The minimum absolute atomic E-state index is 1.16. The second-order valence-corrected chi connectivity index (χ2v) is 0.977. The van der Waals surface area contributed by atoms with E-state index in [4.69, 9.17) is 0 Å². The second-order valence-electron chi connectivity index (χ2n) is 0.977. The first-order valence-corrected chi connectivity index (χ1v) is 2.03. The maximum Gasteiger partial charge on any atom is 0.129 e. The highest BCUT2D eigenvalue weighted by Crippen LogP contribution is 1.71. The van der Waals surface area contributed by atoms with Crippen LogP contribution < -0.4 is 0 Å². The van der Waals surface area contributed by atoms with Gasteiger partial charge < -0.3 is 0 Å². The summed E-state index contributed by atoms with van der Waals surface area (Å²) in [6.07, 6.45) is 3.29. The topological polar surface area (TPSA) is 0 Å². The first-order chi connectivity index (χ1) is 2.41. The lowest BCUT2D eigenvalue weighted by Gasteiger charge is -1.65. The fourth-order valence-corrected chi connectivity index (χ4v) is 0.236. The summed E-state index contributed by atoms with van der Waals surface area (Å²) in [5.74, 6) is 2.06. The van der Waals surface area contributed by atoms with Crippen molar-refractivity contribution in [2.75, 3.05) is 0 Å². The zero-order chi connectivity index (χ0) is 4.12. The van der Waals surface area contributed by atoms with E-state index in [1.165, 1.54) is 0 Å². The third-order valence-corrected chi connectivity index (χ3v) is 0.471. The molecule has 0 rings (SSSR count). The maximum absolute atomic E-state index is 2.12. The molecule has 5 heavy (non-hydrogen) atoms. The van der Waals surface area contributed by atoms with E-state index in [2.05, 4.69) is 19.0 Å². The highest BCUT2D eigenvalue weighted by Gasteiger charge is 1.52. The van der Waals surface area contributed by atoms with Gasteiger partial charge in [-0.3, -0.25) is 0 Å². The normalized spacial score (nSPS) is 9.80. The standard InChI is InChI=1S/C4H9B/c1-2-3-4-5/h3-4H,2,5H2,1H3. The lowest BCUT2D eigenvalue weighted by atomic mass is 10.1. The van der Waals surface area contributed by atoms with Gasteiger partial charge in [-0.25, -0.2) is 0 Å². The molecule has 28 valence electrons. The summed E-state index contributed by atoms with van der Waals surface area (Å²) < 4.78 is 0. The summed E-state index contributed by atoms with van der Waals surface area (Å²) in [4.78, 5) is 0. The van der Waals surface area contributed by atoms with Gasteiger partial charge in [0, 0.05) is 0 Å². The van der Waals surface area contributed by atoms with Crippen LogP contribution >= 0.6 is 0 Å². The van der Waals surface area contributed by atoms with Gasteiger partial charge in [0.1, 0.15) is 7.85 Å². The molecule has 0 saturated heterocycles. The summed E-state index contributed by atoms with van der Waals surface area (Å²) in [6, 6.07) is 0. The zero-order valence-corrected chi connectivity index (χ0v) is 3.86. The predicted octanol–water partition coefficient (Wildman–Crippen LogP) is 0.543. The highest BCUT2D eigenvalue weighted by molar-refractivity contribution is 6.16. The van der Waals surface area contributed by atoms with Gasteiger partial charge in [0.2, 0.25) is 0 Å². The lowest BCUT2D eigenvalue weighted by Crippen LogP contribution is -1.49. The van der Waals surface area contributed by atoms with Crippen LogP contribution in [0.15, 0.2) is 12.1 Å². The van der Waals surface area contributed by atoms with Crippen LogP contribution in [0.25, 0.3) is 0 Å². The van der Waals surface area contributed by atoms with Gasteiger partial charge in [0.25, 0.3) is 0 Å². The number of rotatable bonds is 1. The van der Waals surface area contributed by atoms with Gasteiger partial charge in [-0.2, -0.15) is 0 Å². The average Bonchev–Trinajstić information content (AvgIpc) is 1.41. The molecular formula is C4H9B. The van der Waals surface area contributed by atoms with E-state index in [-0.39, 0.29) is 0 Å². The largest absolute Gasteiger partial charge is 0.129 e. The first-order valence-electron chi connectivity index (χ1n) is 2.03. The van der Waals surface area contributed by atoms with Crippen LogP contribution in [0.4, 0.5) is 0 Å². The molecule has 0 saturated carbocycles. The van der Waals surface area contributed by atoms with Gasteiger partial charge in [-0.1, -0.05) is 13.0 Å². The Balaban J connectivity index is 2.62. The number of hydrogen-bond acceptors (Lipinski definition) is 0. The van der Waals surface area contributed by atoms with Crippen molar-refractivity contribution in [1.29, 1.82) is 0 Å². The minimum atomic E-state index is 1.16. The van der Waals surface area contributed by atoms with E-state index in [1.807, 2.05) is 7.85 Å². The SMILES string of the molecule is BC=CCC. The lowest BCUT2D eigenvalue weighted by molar-refractivity contribution is 1.23. The van der Waals surface area contributed by atoms with Crippen LogP contribution in [0.5, 0.6) is 0 Å². The number of allylic oxidation sites excluding steroid dienone is 1. The Morgan fingerprint density at radius 3 is 2.40 bits per heavy atom. The van der Waals surface area contributed by atoms with Gasteiger partial charge >= 0.3 is 0 Å². The van der Waals surface area contributed by atoms with Gasteiger partial charge in [-0.05, 0) is 6.42 Å². The molecule has 1 heteroatoms.